The third-order valence-electron chi connectivity index (χ3n) is 2.42. The van der Waals surface area contributed by atoms with Crippen molar-refractivity contribution in [3.8, 4) is 0 Å². The van der Waals surface area contributed by atoms with Crippen LogP contribution < -0.4 is 5.73 Å². The van der Waals surface area contributed by atoms with Gasteiger partial charge in [-0.05, 0) is 11.8 Å². The highest BCUT2D eigenvalue weighted by Gasteiger charge is 2.27. The average molecular weight is 173 g/mol. The molecule has 0 rings (SSSR count). The fourth-order valence-electron chi connectivity index (χ4n) is 1.68. The Morgan fingerprint density at radius 1 is 1.50 bits per heavy atom. The summed E-state index contributed by atoms with van der Waals surface area (Å²) in [5.74, 6) is -0.555. The highest BCUT2D eigenvalue weighted by atomic mass is 16.4. The largest absolute Gasteiger partial charge is 0.481 e. The van der Waals surface area contributed by atoms with Gasteiger partial charge in [-0.3, -0.25) is 4.79 Å². The van der Waals surface area contributed by atoms with Crippen molar-refractivity contribution in [1.82, 2.24) is 0 Å². The van der Waals surface area contributed by atoms with Crippen molar-refractivity contribution in [2.24, 2.45) is 23.5 Å². The van der Waals surface area contributed by atoms with Crippen molar-refractivity contribution < 1.29 is 9.90 Å². The van der Waals surface area contributed by atoms with Crippen LogP contribution in [0.25, 0.3) is 0 Å². The van der Waals surface area contributed by atoms with E-state index in [4.69, 9.17) is 10.8 Å². The van der Waals surface area contributed by atoms with Crippen LogP contribution in [0.4, 0.5) is 0 Å². The van der Waals surface area contributed by atoms with E-state index in [0.29, 0.717) is 5.92 Å². The lowest BCUT2D eigenvalue weighted by Gasteiger charge is -2.24. The van der Waals surface area contributed by atoms with Crippen LogP contribution in [0.2, 0.25) is 0 Å². The third-order valence-corrected chi connectivity index (χ3v) is 2.42. The molecule has 0 amide bonds. The van der Waals surface area contributed by atoms with E-state index in [-0.39, 0.29) is 18.4 Å². The van der Waals surface area contributed by atoms with Crippen molar-refractivity contribution in [2.45, 2.75) is 27.2 Å². The van der Waals surface area contributed by atoms with Crippen molar-refractivity contribution >= 4 is 5.97 Å². The lowest BCUT2D eigenvalue weighted by molar-refractivity contribution is -0.144. The molecule has 0 aliphatic carbocycles. The smallest absolute Gasteiger partial charge is 0.308 e. The van der Waals surface area contributed by atoms with Crippen LogP contribution in [0.1, 0.15) is 27.2 Å². The number of rotatable bonds is 5. The maximum atomic E-state index is 10.8. The van der Waals surface area contributed by atoms with Gasteiger partial charge < -0.3 is 10.8 Å². The standard InChI is InChI=1S/C9H19NO2/c1-4-7(6(2)3)8(5-10)9(11)12/h6-8H,4-5,10H2,1-3H3,(H,11,12). The highest BCUT2D eigenvalue weighted by molar-refractivity contribution is 5.70. The fraction of sp³-hybridized carbons (Fsp3) is 0.889. The number of carbonyl (C=O) groups is 1. The first-order valence-corrected chi connectivity index (χ1v) is 4.47. The summed E-state index contributed by atoms with van der Waals surface area (Å²) in [6.45, 7) is 6.34. The third kappa shape index (κ3) is 2.81. The Kier molecular flexibility index (Phi) is 4.90. The van der Waals surface area contributed by atoms with Crippen molar-refractivity contribution in [3.63, 3.8) is 0 Å². The Hall–Kier alpha value is -0.570. The minimum Gasteiger partial charge on any atom is -0.481 e. The van der Waals surface area contributed by atoms with Gasteiger partial charge in [0.2, 0.25) is 0 Å². The number of carboxylic acids is 1. The molecule has 12 heavy (non-hydrogen) atoms. The van der Waals surface area contributed by atoms with Crippen molar-refractivity contribution in [1.29, 1.82) is 0 Å². The molecule has 3 heteroatoms. The molecule has 0 bridgehead atoms. The van der Waals surface area contributed by atoms with Crippen LogP contribution in [0, 0.1) is 17.8 Å². The van der Waals surface area contributed by atoms with Crippen LogP contribution in [-0.2, 0) is 4.79 Å². The average Bonchev–Trinajstić information content (AvgIpc) is 1.98. The van der Waals surface area contributed by atoms with Crippen molar-refractivity contribution in [2.75, 3.05) is 6.54 Å². The molecule has 3 nitrogen and oxygen atoms in total. The molecule has 2 atom stereocenters. The van der Waals surface area contributed by atoms with Gasteiger partial charge in [-0.25, -0.2) is 0 Å². The van der Waals surface area contributed by atoms with Gasteiger partial charge >= 0.3 is 5.97 Å². The highest BCUT2D eigenvalue weighted by Crippen LogP contribution is 2.23. The molecule has 72 valence electrons. The summed E-state index contributed by atoms with van der Waals surface area (Å²) in [6.07, 6.45) is 0.881. The van der Waals surface area contributed by atoms with Gasteiger partial charge in [0.15, 0.2) is 0 Å². The van der Waals surface area contributed by atoms with Gasteiger partial charge in [-0.15, -0.1) is 0 Å². The maximum Gasteiger partial charge on any atom is 0.308 e. The maximum absolute atomic E-state index is 10.8. The Balaban J connectivity index is 4.33. The number of hydrogen-bond donors (Lipinski definition) is 2. The second-order valence-corrected chi connectivity index (χ2v) is 3.50. The summed E-state index contributed by atoms with van der Waals surface area (Å²) in [4.78, 5) is 10.8. The molecule has 0 spiro atoms. The van der Waals surface area contributed by atoms with Crippen LogP contribution in [-0.4, -0.2) is 17.6 Å². The Bertz CT molecular complexity index is 145. The van der Waals surface area contributed by atoms with Gasteiger partial charge in [0.25, 0.3) is 0 Å². The predicted molar refractivity (Wildman–Crippen MR) is 48.8 cm³/mol. The number of carboxylic acid groups (broad SMARTS) is 1. The SMILES string of the molecule is CCC(C(C)C)C(CN)C(=O)O. The van der Waals surface area contributed by atoms with Crippen LogP contribution in [0.3, 0.4) is 0 Å². The lowest BCUT2D eigenvalue weighted by Crippen LogP contribution is -2.33. The summed E-state index contributed by atoms with van der Waals surface area (Å²) >= 11 is 0. The zero-order valence-electron chi connectivity index (χ0n) is 8.08. The van der Waals surface area contributed by atoms with Crippen LogP contribution in [0.15, 0.2) is 0 Å². The Labute approximate surface area is 74.0 Å². The molecule has 0 aromatic rings. The molecular formula is C9H19NO2. The molecule has 0 saturated heterocycles. The molecule has 0 fully saturated rings. The molecule has 0 aromatic carbocycles. The van der Waals surface area contributed by atoms with Gasteiger partial charge in [-0.2, -0.15) is 0 Å². The predicted octanol–water partition coefficient (Wildman–Crippen LogP) is 1.33. The lowest BCUT2D eigenvalue weighted by atomic mass is 9.81. The molecule has 2 unspecified atom stereocenters. The van der Waals surface area contributed by atoms with Gasteiger partial charge in [0.05, 0.1) is 5.92 Å². The summed E-state index contributed by atoms with van der Waals surface area (Å²) < 4.78 is 0. The van der Waals surface area contributed by atoms with Crippen molar-refractivity contribution in [3.05, 3.63) is 0 Å². The van der Waals surface area contributed by atoms with E-state index in [1.54, 1.807) is 0 Å². The van der Waals surface area contributed by atoms with E-state index in [0.717, 1.165) is 6.42 Å². The minimum atomic E-state index is -0.766. The molecule has 0 heterocycles. The van der Waals surface area contributed by atoms with Crippen LogP contribution in [0.5, 0.6) is 0 Å². The fourth-order valence-corrected chi connectivity index (χ4v) is 1.68. The first-order valence-electron chi connectivity index (χ1n) is 4.47. The first kappa shape index (κ1) is 11.4. The molecule has 0 aliphatic heterocycles. The van der Waals surface area contributed by atoms with Gasteiger partial charge in [-0.1, -0.05) is 27.2 Å². The summed E-state index contributed by atoms with van der Waals surface area (Å²) in [7, 11) is 0. The van der Waals surface area contributed by atoms with E-state index >= 15 is 0 Å². The normalized spacial score (nSPS) is 16.1. The second kappa shape index (κ2) is 5.14. The topological polar surface area (TPSA) is 63.3 Å². The van der Waals surface area contributed by atoms with E-state index in [2.05, 4.69) is 0 Å². The number of hydrogen-bond acceptors (Lipinski definition) is 2. The van der Waals surface area contributed by atoms with E-state index in [1.807, 2.05) is 20.8 Å². The van der Waals surface area contributed by atoms with E-state index < -0.39 is 5.97 Å². The van der Waals surface area contributed by atoms with E-state index in [9.17, 15) is 4.79 Å². The minimum absolute atomic E-state index is 0.201. The van der Waals surface area contributed by atoms with E-state index in [1.165, 1.54) is 0 Å². The number of nitrogens with two attached hydrogens (primary N) is 1. The zero-order chi connectivity index (χ0) is 9.72. The first-order chi connectivity index (χ1) is 5.54. The zero-order valence-corrected chi connectivity index (χ0v) is 8.08. The molecule has 0 aliphatic rings. The molecule has 3 N–H and O–H groups in total. The van der Waals surface area contributed by atoms with Gasteiger partial charge in [0.1, 0.15) is 0 Å². The molecular weight excluding hydrogens is 154 g/mol. The Morgan fingerprint density at radius 2 is 2.00 bits per heavy atom. The Morgan fingerprint density at radius 3 is 2.08 bits per heavy atom. The quantitative estimate of drug-likeness (QED) is 0.659. The summed E-state index contributed by atoms with van der Waals surface area (Å²) in [5.41, 5.74) is 5.41. The summed E-state index contributed by atoms with van der Waals surface area (Å²) in [5, 5.41) is 8.84. The number of aliphatic carboxylic acids is 1. The van der Waals surface area contributed by atoms with Gasteiger partial charge in [0, 0.05) is 6.54 Å². The summed E-state index contributed by atoms with van der Waals surface area (Å²) in [6, 6.07) is 0. The molecule has 0 aromatic heterocycles. The monoisotopic (exact) mass is 173 g/mol. The molecule has 0 saturated carbocycles. The second-order valence-electron chi connectivity index (χ2n) is 3.50. The molecule has 0 radical (unpaired) electrons. The van der Waals surface area contributed by atoms with Crippen LogP contribution >= 0.6 is 0 Å².